The lowest BCUT2D eigenvalue weighted by atomic mass is 10.0. The Morgan fingerprint density at radius 2 is 2.09 bits per heavy atom. The van der Waals surface area contributed by atoms with Crippen molar-refractivity contribution in [2.24, 2.45) is 17.6 Å². The first-order valence-corrected chi connectivity index (χ1v) is 8.88. The van der Waals surface area contributed by atoms with Crippen LogP contribution in [0.15, 0.2) is 18.2 Å². The van der Waals surface area contributed by atoms with Crippen LogP contribution in [0.4, 0.5) is 5.69 Å². The number of hydrogen-bond acceptors (Lipinski definition) is 3. The Hall–Kier alpha value is -1.55. The number of nitrogens with two attached hydrogens (primary N) is 1. The Bertz CT molecular complexity index is 581. The summed E-state index contributed by atoms with van der Waals surface area (Å²) in [5, 5.41) is 0. The Labute approximate surface area is 139 Å². The zero-order valence-electron chi connectivity index (χ0n) is 14.4. The van der Waals surface area contributed by atoms with Gasteiger partial charge in [-0.2, -0.15) is 0 Å². The van der Waals surface area contributed by atoms with Crippen molar-refractivity contribution in [3.05, 3.63) is 23.8 Å². The normalized spacial score (nSPS) is 22.0. The minimum Gasteiger partial charge on any atom is -0.478 e. The molecule has 1 aromatic carbocycles. The fourth-order valence-electron chi connectivity index (χ4n) is 3.15. The Morgan fingerprint density at radius 1 is 1.35 bits per heavy atom. The number of fused-ring (bicyclic) bond motifs is 1. The van der Waals surface area contributed by atoms with Crippen molar-refractivity contribution in [2.45, 2.75) is 58.6 Å². The van der Waals surface area contributed by atoms with E-state index < -0.39 is 0 Å². The third-order valence-electron chi connectivity index (χ3n) is 4.90. The van der Waals surface area contributed by atoms with Crippen LogP contribution >= 0.6 is 0 Å². The quantitative estimate of drug-likeness (QED) is 0.871. The highest BCUT2D eigenvalue weighted by Gasteiger charge is 2.35. The highest BCUT2D eigenvalue weighted by Crippen LogP contribution is 2.43. The number of carbonyl (C=O) groups excluding carboxylic acids is 1. The molecule has 2 unspecified atom stereocenters. The molecule has 1 fully saturated rings. The molecule has 2 N–H and O–H groups in total. The first-order valence-electron chi connectivity index (χ1n) is 8.88. The molecule has 1 aliphatic carbocycles. The molecule has 0 bridgehead atoms. The molecule has 2 atom stereocenters. The van der Waals surface area contributed by atoms with Crippen molar-refractivity contribution in [3.8, 4) is 5.75 Å². The van der Waals surface area contributed by atoms with Crippen molar-refractivity contribution in [2.75, 3.05) is 11.4 Å². The van der Waals surface area contributed by atoms with Crippen LogP contribution in [0.5, 0.6) is 5.75 Å². The van der Waals surface area contributed by atoms with Crippen molar-refractivity contribution in [3.63, 3.8) is 0 Å². The molecule has 4 nitrogen and oxygen atoms in total. The van der Waals surface area contributed by atoms with Gasteiger partial charge >= 0.3 is 0 Å². The molecule has 23 heavy (non-hydrogen) atoms. The summed E-state index contributed by atoms with van der Waals surface area (Å²) in [6, 6.07) is 6.20. The number of rotatable bonds is 6. The van der Waals surface area contributed by atoms with E-state index in [1.807, 2.05) is 17.9 Å². The number of anilines is 1. The number of carbonyl (C=O) groups is 1. The van der Waals surface area contributed by atoms with E-state index in [2.05, 4.69) is 26.0 Å². The summed E-state index contributed by atoms with van der Waals surface area (Å²) in [5.74, 6) is 2.05. The first kappa shape index (κ1) is 16.3. The van der Waals surface area contributed by atoms with E-state index in [0.717, 1.165) is 30.0 Å². The largest absolute Gasteiger partial charge is 0.478 e. The van der Waals surface area contributed by atoms with Crippen LogP contribution in [0.3, 0.4) is 0 Å². The average molecular weight is 316 g/mol. The van der Waals surface area contributed by atoms with Crippen LogP contribution in [0.2, 0.25) is 0 Å². The maximum absolute atomic E-state index is 12.7. The second-order valence-electron chi connectivity index (χ2n) is 7.28. The van der Waals surface area contributed by atoms with Gasteiger partial charge in [0.2, 0.25) is 0 Å². The lowest BCUT2D eigenvalue weighted by molar-refractivity contribution is -0.126. The van der Waals surface area contributed by atoms with Crippen LogP contribution in [0.25, 0.3) is 0 Å². The van der Waals surface area contributed by atoms with Crippen LogP contribution in [-0.4, -0.2) is 18.6 Å². The summed E-state index contributed by atoms with van der Waals surface area (Å²) in [5.41, 5.74) is 8.36. The monoisotopic (exact) mass is 316 g/mol. The number of hydrogen-bond donors (Lipinski definition) is 1. The maximum atomic E-state index is 12.7. The minimum absolute atomic E-state index is 0.0752. The average Bonchev–Trinajstić information content (AvgIpc) is 3.37. The van der Waals surface area contributed by atoms with Gasteiger partial charge in [-0.3, -0.25) is 4.79 Å². The molecule has 0 radical (unpaired) electrons. The zero-order valence-corrected chi connectivity index (χ0v) is 14.4. The molecule has 1 heterocycles. The number of benzene rings is 1. The standard InChI is InChI=1S/C19H28N2O2/c1-4-16-19(22)21(10-9-12(2)3)15-11-14(7-8-17(15)23-16)18(20)13-5-6-13/h7-8,11-13,16,18H,4-6,9-10,20H2,1-3H3. The smallest absolute Gasteiger partial charge is 0.268 e. The fraction of sp³-hybridized carbons (Fsp3) is 0.632. The molecule has 0 spiro atoms. The molecule has 3 rings (SSSR count). The highest BCUT2D eigenvalue weighted by molar-refractivity contribution is 6.00. The predicted molar refractivity (Wildman–Crippen MR) is 92.6 cm³/mol. The van der Waals surface area contributed by atoms with E-state index in [9.17, 15) is 4.79 Å². The van der Waals surface area contributed by atoms with Gasteiger partial charge in [-0.1, -0.05) is 26.8 Å². The van der Waals surface area contributed by atoms with Crippen molar-refractivity contribution >= 4 is 11.6 Å². The number of nitrogens with zero attached hydrogens (tertiary/aromatic N) is 1. The van der Waals surface area contributed by atoms with Gasteiger partial charge in [0.1, 0.15) is 5.75 Å². The second-order valence-corrected chi connectivity index (χ2v) is 7.28. The van der Waals surface area contributed by atoms with Crippen LogP contribution in [-0.2, 0) is 4.79 Å². The SMILES string of the molecule is CCC1Oc2ccc(C(N)C3CC3)cc2N(CCC(C)C)C1=O. The summed E-state index contributed by atoms with van der Waals surface area (Å²) in [4.78, 5) is 14.6. The third-order valence-corrected chi connectivity index (χ3v) is 4.90. The Morgan fingerprint density at radius 3 is 2.70 bits per heavy atom. The van der Waals surface area contributed by atoms with E-state index >= 15 is 0 Å². The van der Waals surface area contributed by atoms with Crippen molar-refractivity contribution < 1.29 is 9.53 Å². The molecule has 1 aromatic rings. The van der Waals surface area contributed by atoms with E-state index in [4.69, 9.17) is 10.5 Å². The molecule has 1 amide bonds. The molecule has 0 aromatic heterocycles. The Kier molecular flexibility index (Phi) is 4.62. The minimum atomic E-state index is -0.363. The summed E-state index contributed by atoms with van der Waals surface area (Å²) >= 11 is 0. The summed E-state index contributed by atoms with van der Waals surface area (Å²) in [6.07, 6.45) is 3.74. The zero-order chi connectivity index (χ0) is 16.6. The van der Waals surface area contributed by atoms with E-state index in [1.54, 1.807) is 0 Å². The molecule has 0 saturated heterocycles. The third kappa shape index (κ3) is 3.37. The van der Waals surface area contributed by atoms with Gasteiger partial charge < -0.3 is 15.4 Å². The molecular weight excluding hydrogens is 288 g/mol. The second kappa shape index (κ2) is 6.52. The summed E-state index contributed by atoms with van der Waals surface area (Å²) in [6.45, 7) is 7.10. The molecule has 2 aliphatic rings. The molecular formula is C19H28N2O2. The highest BCUT2D eigenvalue weighted by atomic mass is 16.5. The van der Waals surface area contributed by atoms with Gasteiger partial charge in [-0.25, -0.2) is 0 Å². The van der Waals surface area contributed by atoms with Gasteiger partial charge in [-0.15, -0.1) is 0 Å². The summed E-state index contributed by atoms with van der Waals surface area (Å²) in [7, 11) is 0. The van der Waals surface area contributed by atoms with Gasteiger partial charge in [-0.05, 0) is 55.2 Å². The van der Waals surface area contributed by atoms with E-state index in [0.29, 0.717) is 18.3 Å². The molecule has 1 aliphatic heterocycles. The predicted octanol–water partition coefficient (Wildman–Crippen LogP) is 3.65. The van der Waals surface area contributed by atoms with Crippen molar-refractivity contribution in [1.29, 1.82) is 0 Å². The van der Waals surface area contributed by atoms with Gasteiger partial charge in [0, 0.05) is 12.6 Å². The first-order chi connectivity index (χ1) is 11.0. The lowest BCUT2D eigenvalue weighted by Crippen LogP contribution is -2.46. The molecule has 126 valence electrons. The van der Waals surface area contributed by atoms with Crippen molar-refractivity contribution in [1.82, 2.24) is 0 Å². The number of amides is 1. The van der Waals surface area contributed by atoms with E-state index in [-0.39, 0.29) is 18.1 Å². The van der Waals surface area contributed by atoms with E-state index in [1.165, 1.54) is 12.8 Å². The van der Waals surface area contributed by atoms with Gasteiger partial charge in [0.05, 0.1) is 5.69 Å². The van der Waals surface area contributed by atoms with Gasteiger partial charge in [0.15, 0.2) is 6.10 Å². The molecule has 4 heteroatoms. The van der Waals surface area contributed by atoms with Crippen LogP contribution in [0, 0.1) is 11.8 Å². The molecule has 1 saturated carbocycles. The Balaban J connectivity index is 1.91. The van der Waals surface area contributed by atoms with Crippen LogP contribution < -0.4 is 15.4 Å². The maximum Gasteiger partial charge on any atom is 0.268 e. The fourth-order valence-corrected chi connectivity index (χ4v) is 3.15. The van der Waals surface area contributed by atoms with Crippen LogP contribution in [0.1, 0.15) is 58.1 Å². The number of ether oxygens (including phenoxy) is 1. The topological polar surface area (TPSA) is 55.6 Å². The lowest BCUT2D eigenvalue weighted by Gasteiger charge is -2.35. The van der Waals surface area contributed by atoms with Gasteiger partial charge in [0.25, 0.3) is 5.91 Å². The summed E-state index contributed by atoms with van der Waals surface area (Å²) < 4.78 is 5.91.